The number of aromatic nitrogens is 5. The van der Waals surface area contributed by atoms with Gasteiger partial charge in [0.1, 0.15) is 5.82 Å². The molecule has 6 heterocycles. The summed E-state index contributed by atoms with van der Waals surface area (Å²) >= 11 is 0. The van der Waals surface area contributed by atoms with Crippen LogP contribution in [0.2, 0.25) is 0 Å². The van der Waals surface area contributed by atoms with Gasteiger partial charge < -0.3 is 13.7 Å². The molecule has 0 saturated carbocycles. The van der Waals surface area contributed by atoms with E-state index in [1.165, 1.54) is 22.0 Å². The zero-order valence-electron chi connectivity index (χ0n) is 25.4. The van der Waals surface area contributed by atoms with Crippen LogP contribution in [0.1, 0.15) is 25.0 Å². The third kappa shape index (κ3) is 3.91. The predicted molar refractivity (Wildman–Crippen MR) is 182 cm³/mol. The van der Waals surface area contributed by atoms with Gasteiger partial charge in [-0.05, 0) is 29.1 Å². The molecule has 9 aromatic rings. The molecule has 1 aliphatic heterocycles. The maximum absolute atomic E-state index is 6.52. The van der Waals surface area contributed by atoms with Crippen molar-refractivity contribution < 1.29 is 25.2 Å². The van der Waals surface area contributed by atoms with Crippen LogP contribution in [0.3, 0.4) is 0 Å². The minimum atomic E-state index is -0.176. The Morgan fingerprint density at radius 3 is 2.34 bits per heavy atom. The first-order chi connectivity index (χ1) is 22.6. The standard InChI is InChI=1S/C40H25N5O.Pd/c1-40(2)31-12-6-11-29-27-17-15-26(22-35(27)45(37(29)31)39-32(40)13-7-20-42-39)46-25-16-18-28-30(21-25)38-43-33(24-9-4-3-5-10-24)23-44(38)34-14-8-19-41-36(28)34;/h3-20,23H,1-2H3;/q-2;+2. The van der Waals surface area contributed by atoms with Crippen LogP contribution in [-0.4, -0.2) is 23.9 Å². The fraction of sp³-hybridized carbons (Fsp3) is 0.0750. The zero-order valence-corrected chi connectivity index (χ0v) is 27.0. The molecule has 0 radical (unpaired) electrons. The summed E-state index contributed by atoms with van der Waals surface area (Å²) in [5.74, 6) is 2.13. The van der Waals surface area contributed by atoms with Gasteiger partial charge in [0, 0.05) is 52.1 Å². The summed E-state index contributed by atoms with van der Waals surface area (Å²) in [5.41, 5.74) is 9.04. The molecule has 47 heavy (non-hydrogen) atoms. The van der Waals surface area contributed by atoms with E-state index in [-0.39, 0.29) is 25.8 Å². The molecule has 0 spiro atoms. The molecule has 0 bridgehead atoms. The van der Waals surface area contributed by atoms with Crippen LogP contribution in [0, 0.1) is 12.1 Å². The van der Waals surface area contributed by atoms with E-state index in [2.05, 4.69) is 95.7 Å². The Hall–Kier alpha value is -5.35. The van der Waals surface area contributed by atoms with Crippen LogP contribution in [0.5, 0.6) is 11.5 Å². The number of hydrogen-bond donors (Lipinski definition) is 0. The van der Waals surface area contributed by atoms with E-state index in [0.29, 0.717) is 11.5 Å². The van der Waals surface area contributed by atoms with Crippen molar-refractivity contribution in [2.75, 3.05) is 0 Å². The van der Waals surface area contributed by atoms with Gasteiger partial charge in [0.05, 0.1) is 22.4 Å². The Labute approximate surface area is 284 Å². The molecule has 0 unspecified atom stereocenters. The number of hydrogen-bond acceptors (Lipinski definition) is 4. The molecule has 0 fully saturated rings. The summed E-state index contributed by atoms with van der Waals surface area (Å²) in [6.45, 7) is 4.55. The van der Waals surface area contributed by atoms with Crippen LogP contribution < -0.4 is 4.74 Å². The average Bonchev–Trinajstić information content (AvgIpc) is 3.69. The second-order valence-electron chi connectivity index (χ2n) is 12.4. The summed E-state index contributed by atoms with van der Waals surface area (Å²) in [7, 11) is 0. The minimum Gasteiger partial charge on any atom is -0.503 e. The number of nitrogens with zero attached hydrogens (tertiary/aromatic N) is 5. The maximum Gasteiger partial charge on any atom is 2.00 e. The number of ether oxygens (including phenoxy) is 1. The third-order valence-corrected chi connectivity index (χ3v) is 9.46. The molecule has 0 N–H and O–H groups in total. The first-order valence-corrected chi connectivity index (χ1v) is 15.4. The van der Waals surface area contributed by atoms with E-state index in [1.54, 1.807) is 0 Å². The number of para-hydroxylation sites is 1. The van der Waals surface area contributed by atoms with E-state index < -0.39 is 0 Å². The van der Waals surface area contributed by atoms with Crippen LogP contribution in [0.4, 0.5) is 0 Å². The zero-order chi connectivity index (χ0) is 30.6. The Morgan fingerprint density at radius 2 is 1.47 bits per heavy atom. The van der Waals surface area contributed by atoms with Crippen molar-refractivity contribution >= 4 is 49.3 Å². The second kappa shape index (κ2) is 10.1. The number of rotatable bonds is 3. The number of benzene rings is 4. The molecule has 5 aromatic heterocycles. The second-order valence-corrected chi connectivity index (χ2v) is 12.4. The summed E-state index contributed by atoms with van der Waals surface area (Å²) < 4.78 is 10.9. The predicted octanol–water partition coefficient (Wildman–Crippen LogP) is 9.22. The topological polar surface area (TPSA) is 57.2 Å². The van der Waals surface area contributed by atoms with Crippen molar-refractivity contribution in [3.8, 4) is 28.6 Å². The van der Waals surface area contributed by atoms with Crippen molar-refractivity contribution in [2.45, 2.75) is 19.3 Å². The molecule has 0 aliphatic carbocycles. The van der Waals surface area contributed by atoms with E-state index in [0.717, 1.165) is 55.4 Å². The fourth-order valence-corrected chi connectivity index (χ4v) is 7.27. The van der Waals surface area contributed by atoms with Crippen molar-refractivity contribution in [2.24, 2.45) is 0 Å². The minimum absolute atomic E-state index is 0. The van der Waals surface area contributed by atoms with Gasteiger partial charge in [-0.15, -0.1) is 23.6 Å². The van der Waals surface area contributed by atoms with Gasteiger partial charge in [-0.1, -0.05) is 96.9 Å². The SMILES string of the molecule is CC1(C)c2cccnc2-n2c3[c-]c(Oc4[c-]c5c(cc4)c4ncccc4n4cc(-c6ccccc6)nc54)ccc3c3cccc1c32.[Pd+2]. The van der Waals surface area contributed by atoms with Gasteiger partial charge in [0.15, 0.2) is 0 Å². The van der Waals surface area contributed by atoms with Gasteiger partial charge in [0.2, 0.25) is 0 Å². The number of fused-ring (bicyclic) bond motifs is 11. The van der Waals surface area contributed by atoms with Gasteiger partial charge in [-0.2, -0.15) is 6.07 Å². The third-order valence-electron chi connectivity index (χ3n) is 9.46. The molecule has 0 amide bonds. The van der Waals surface area contributed by atoms with Crippen LogP contribution in [0.15, 0.2) is 116 Å². The normalized spacial score (nSPS) is 13.3. The Balaban J connectivity index is 0.00000302. The number of pyridine rings is 3. The van der Waals surface area contributed by atoms with Crippen LogP contribution in [-0.2, 0) is 25.8 Å². The van der Waals surface area contributed by atoms with Crippen molar-refractivity contribution in [3.63, 3.8) is 0 Å². The number of imidazole rings is 1. The molecular formula is C40H25N5OPd. The molecule has 4 aromatic carbocycles. The molecule has 7 heteroatoms. The molecule has 1 aliphatic rings. The summed E-state index contributed by atoms with van der Waals surface area (Å²) in [6.07, 6.45) is 5.76. The summed E-state index contributed by atoms with van der Waals surface area (Å²) in [6, 6.07) is 40.3. The van der Waals surface area contributed by atoms with E-state index in [1.807, 2.05) is 54.9 Å². The maximum atomic E-state index is 6.52. The van der Waals surface area contributed by atoms with Crippen molar-refractivity contribution in [3.05, 3.63) is 139 Å². The summed E-state index contributed by atoms with van der Waals surface area (Å²) in [4.78, 5) is 14.7. The van der Waals surface area contributed by atoms with E-state index in [4.69, 9.17) is 19.7 Å². The van der Waals surface area contributed by atoms with Crippen molar-refractivity contribution in [1.82, 2.24) is 23.9 Å². The molecule has 226 valence electrons. The molecule has 0 saturated heterocycles. The largest absolute Gasteiger partial charge is 2.00 e. The Kier molecular flexibility index (Phi) is 5.98. The molecule has 6 nitrogen and oxygen atoms in total. The first-order valence-electron chi connectivity index (χ1n) is 15.4. The van der Waals surface area contributed by atoms with Crippen molar-refractivity contribution in [1.29, 1.82) is 0 Å². The first kappa shape index (κ1) is 27.9. The molecule has 0 atom stereocenters. The smallest absolute Gasteiger partial charge is 0.503 e. The van der Waals surface area contributed by atoms with Crippen LogP contribution in [0.25, 0.3) is 66.3 Å². The molecular weight excluding hydrogens is 673 g/mol. The van der Waals surface area contributed by atoms with E-state index in [9.17, 15) is 0 Å². The Morgan fingerprint density at radius 1 is 0.702 bits per heavy atom. The van der Waals surface area contributed by atoms with Crippen LogP contribution >= 0.6 is 0 Å². The Bertz CT molecular complexity index is 2710. The van der Waals surface area contributed by atoms with Gasteiger partial charge in [-0.3, -0.25) is 9.97 Å². The fourth-order valence-electron chi connectivity index (χ4n) is 7.27. The average molecular weight is 698 g/mol. The van der Waals surface area contributed by atoms with Gasteiger partial charge in [-0.25, -0.2) is 4.98 Å². The van der Waals surface area contributed by atoms with Gasteiger partial charge >= 0.3 is 20.4 Å². The van der Waals surface area contributed by atoms with E-state index >= 15 is 0 Å². The van der Waals surface area contributed by atoms with Gasteiger partial charge in [0.25, 0.3) is 0 Å². The monoisotopic (exact) mass is 697 g/mol. The molecule has 10 rings (SSSR count). The quantitative estimate of drug-likeness (QED) is 0.105. The summed E-state index contributed by atoms with van der Waals surface area (Å²) in [5, 5.41) is 4.12.